The predicted octanol–water partition coefficient (Wildman–Crippen LogP) is 5.30. The summed E-state index contributed by atoms with van der Waals surface area (Å²) in [5.74, 6) is 0.724. The zero-order valence-corrected chi connectivity index (χ0v) is 19.2. The van der Waals surface area contributed by atoms with E-state index < -0.39 is 6.09 Å². The number of hydrogen-bond donors (Lipinski definition) is 0. The maximum absolute atomic E-state index is 12.4. The number of carbonyl (C=O) groups is 1. The molecule has 2 heterocycles. The topological polar surface area (TPSA) is 70.1 Å². The smallest absolute Gasteiger partial charge is 0.414 e. The lowest BCUT2D eigenvalue weighted by Gasteiger charge is -2.26. The number of amides is 1. The molecule has 7 nitrogen and oxygen atoms in total. The van der Waals surface area contributed by atoms with E-state index in [4.69, 9.17) is 18.9 Å². The van der Waals surface area contributed by atoms with Crippen LogP contribution in [-0.2, 0) is 20.8 Å². The molecule has 2 aromatic carbocycles. The molecule has 0 bridgehead atoms. The highest BCUT2D eigenvalue weighted by Gasteiger charge is 2.20. The van der Waals surface area contributed by atoms with Crippen molar-refractivity contribution < 1.29 is 23.7 Å². The molecule has 1 fully saturated rings. The van der Waals surface area contributed by atoms with Gasteiger partial charge >= 0.3 is 6.09 Å². The van der Waals surface area contributed by atoms with Crippen LogP contribution in [0.25, 0.3) is 10.2 Å². The number of ether oxygens (including phenoxy) is 4. The quantitative estimate of drug-likeness (QED) is 0.458. The SMILES string of the molecule is COC(=O)N(CCOC1CCCCO1)c1ccc(OCc2nc3ccccc3s2)cc1C. The van der Waals surface area contributed by atoms with Crippen LogP contribution in [0, 0.1) is 6.92 Å². The highest BCUT2D eigenvalue weighted by molar-refractivity contribution is 7.18. The van der Waals surface area contributed by atoms with E-state index in [-0.39, 0.29) is 6.29 Å². The third kappa shape index (κ3) is 5.56. The van der Waals surface area contributed by atoms with Gasteiger partial charge in [0.15, 0.2) is 6.29 Å². The Morgan fingerprint density at radius 2 is 2.12 bits per heavy atom. The Kier molecular flexibility index (Phi) is 7.57. The third-order valence-electron chi connectivity index (χ3n) is 5.31. The molecule has 1 atom stereocenters. The van der Waals surface area contributed by atoms with Crippen molar-refractivity contribution in [3.05, 3.63) is 53.0 Å². The minimum atomic E-state index is -0.426. The summed E-state index contributed by atoms with van der Waals surface area (Å²) in [6.07, 6.45) is 2.44. The minimum Gasteiger partial charge on any atom is -0.486 e. The molecule has 0 radical (unpaired) electrons. The number of thiazole rings is 1. The molecule has 0 aliphatic carbocycles. The molecule has 1 amide bonds. The molecule has 0 spiro atoms. The summed E-state index contributed by atoms with van der Waals surface area (Å²) in [4.78, 5) is 18.6. The summed E-state index contributed by atoms with van der Waals surface area (Å²) in [5, 5.41) is 0.922. The van der Waals surface area contributed by atoms with Gasteiger partial charge in [-0.25, -0.2) is 9.78 Å². The van der Waals surface area contributed by atoms with Gasteiger partial charge in [0.25, 0.3) is 0 Å². The molecule has 8 heteroatoms. The molecule has 1 aliphatic heterocycles. The standard InChI is InChI=1S/C24H28N2O5S/c1-17-15-18(31-16-22-25-19-7-3-4-8-21(19)32-22)10-11-20(17)26(24(27)28-2)12-14-30-23-9-5-6-13-29-23/h3-4,7-8,10-11,15,23H,5-6,9,12-14,16H2,1-2H3. The van der Waals surface area contributed by atoms with Crippen LogP contribution in [0.5, 0.6) is 5.75 Å². The first-order valence-corrected chi connectivity index (χ1v) is 11.6. The Morgan fingerprint density at radius 3 is 2.88 bits per heavy atom. The Balaban J connectivity index is 1.38. The molecule has 3 aromatic rings. The van der Waals surface area contributed by atoms with Crippen LogP contribution in [0.4, 0.5) is 10.5 Å². The van der Waals surface area contributed by atoms with Gasteiger partial charge in [-0.15, -0.1) is 11.3 Å². The number of carbonyl (C=O) groups excluding carboxylic acids is 1. The molecule has 1 unspecified atom stereocenters. The number of aromatic nitrogens is 1. The molecule has 1 saturated heterocycles. The van der Waals surface area contributed by atoms with Crippen molar-refractivity contribution in [2.75, 3.05) is 31.8 Å². The second-order valence-electron chi connectivity index (χ2n) is 7.60. The van der Waals surface area contributed by atoms with E-state index in [1.807, 2.05) is 43.3 Å². The Labute approximate surface area is 191 Å². The number of rotatable bonds is 8. The maximum atomic E-state index is 12.4. The van der Waals surface area contributed by atoms with Crippen LogP contribution < -0.4 is 9.64 Å². The summed E-state index contributed by atoms with van der Waals surface area (Å²) >= 11 is 1.63. The molecule has 0 N–H and O–H groups in total. The minimum absolute atomic E-state index is 0.192. The summed E-state index contributed by atoms with van der Waals surface area (Å²) < 4.78 is 23.5. The van der Waals surface area contributed by atoms with Crippen molar-refractivity contribution in [1.82, 2.24) is 4.98 Å². The van der Waals surface area contributed by atoms with Crippen LogP contribution in [0.3, 0.4) is 0 Å². The third-order valence-corrected chi connectivity index (χ3v) is 6.32. The second kappa shape index (κ2) is 10.8. The maximum Gasteiger partial charge on any atom is 0.414 e. The van der Waals surface area contributed by atoms with Gasteiger partial charge in [-0.2, -0.15) is 0 Å². The van der Waals surface area contributed by atoms with Crippen molar-refractivity contribution in [3.63, 3.8) is 0 Å². The summed E-state index contributed by atoms with van der Waals surface area (Å²) in [7, 11) is 1.38. The zero-order valence-electron chi connectivity index (χ0n) is 18.4. The van der Waals surface area contributed by atoms with E-state index in [1.54, 1.807) is 16.2 Å². The zero-order chi connectivity index (χ0) is 22.3. The second-order valence-corrected chi connectivity index (χ2v) is 8.72. The van der Waals surface area contributed by atoms with Gasteiger partial charge in [0, 0.05) is 6.61 Å². The molecule has 1 aromatic heterocycles. The number of nitrogens with zero attached hydrogens (tertiary/aromatic N) is 2. The molecular formula is C24H28N2O5S. The largest absolute Gasteiger partial charge is 0.486 e. The first-order valence-electron chi connectivity index (χ1n) is 10.8. The molecule has 1 aliphatic rings. The van der Waals surface area contributed by atoms with E-state index in [0.29, 0.717) is 19.8 Å². The Morgan fingerprint density at radius 1 is 1.25 bits per heavy atom. The number of anilines is 1. The summed E-state index contributed by atoms with van der Waals surface area (Å²) in [6, 6.07) is 13.7. The fraction of sp³-hybridized carbons (Fsp3) is 0.417. The van der Waals surface area contributed by atoms with Crippen LogP contribution in [0.1, 0.15) is 29.8 Å². The first-order chi connectivity index (χ1) is 15.6. The molecule has 170 valence electrons. The number of methoxy groups -OCH3 is 1. The van der Waals surface area contributed by atoms with Gasteiger partial charge in [-0.1, -0.05) is 12.1 Å². The van der Waals surface area contributed by atoms with Crippen molar-refractivity contribution in [2.45, 2.75) is 39.1 Å². The average molecular weight is 457 g/mol. The number of para-hydroxylation sites is 1. The molecular weight excluding hydrogens is 428 g/mol. The molecule has 32 heavy (non-hydrogen) atoms. The van der Waals surface area contributed by atoms with Crippen LogP contribution in [0.15, 0.2) is 42.5 Å². The first kappa shape index (κ1) is 22.5. The van der Waals surface area contributed by atoms with Crippen LogP contribution >= 0.6 is 11.3 Å². The van der Waals surface area contributed by atoms with Gasteiger partial charge in [0.2, 0.25) is 0 Å². The van der Waals surface area contributed by atoms with Gasteiger partial charge in [0.1, 0.15) is 17.4 Å². The highest BCUT2D eigenvalue weighted by atomic mass is 32.1. The number of hydrogen-bond acceptors (Lipinski definition) is 7. The predicted molar refractivity (Wildman–Crippen MR) is 124 cm³/mol. The summed E-state index contributed by atoms with van der Waals surface area (Å²) in [6.45, 7) is 3.81. The molecule has 0 saturated carbocycles. The van der Waals surface area contributed by atoms with Crippen LogP contribution in [-0.4, -0.2) is 44.2 Å². The average Bonchev–Trinajstić information content (AvgIpc) is 3.24. The van der Waals surface area contributed by atoms with E-state index in [1.165, 1.54) is 7.11 Å². The highest BCUT2D eigenvalue weighted by Crippen LogP contribution is 2.27. The number of aryl methyl sites for hydroxylation is 1. The van der Waals surface area contributed by atoms with Crippen molar-refractivity contribution in [2.24, 2.45) is 0 Å². The van der Waals surface area contributed by atoms with E-state index in [2.05, 4.69) is 11.1 Å². The number of benzene rings is 2. The Bertz CT molecular complexity index is 1010. The van der Waals surface area contributed by atoms with Crippen LogP contribution in [0.2, 0.25) is 0 Å². The van der Waals surface area contributed by atoms with E-state index in [0.717, 1.165) is 58.1 Å². The fourth-order valence-corrected chi connectivity index (χ4v) is 4.57. The lowest BCUT2D eigenvalue weighted by atomic mass is 10.1. The van der Waals surface area contributed by atoms with E-state index >= 15 is 0 Å². The fourth-order valence-electron chi connectivity index (χ4n) is 3.69. The number of fused-ring (bicyclic) bond motifs is 1. The lowest BCUT2D eigenvalue weighted by molar-refractivity contribution is -0.160. The van der Waals surface area contributed by atoms with Gasteiger partial charge in [-0.3, -0.25) is 4.90 Å². The normalized spacial score (nSPS) is 16.1. The monoisotopic (exact) mass is 456 g/mol. The van der Waals surface area contributed by atoms with Gasteiger partial charge in [-0.05, 0) is 62.1 Å². The van der Waals surface area contributed by atoms with Gasteiger partial charge in [0.05, 0.1) is 36.2 Å². The van der Waals surface area contributed by atoms with Crippen molar-refractivity contribution >= 4 is 33.3 Å². The lowest BCUT2D eigenvalue weighted by Crippen LogP contribution is -2.36. The van der Waals surface area contributed by atoms with E-state index in [9.17, 15) is 4.79 Å². The van der Waals surface area contributed by atoms with Crippen molar-refractivity contribution in [3.8, 4) is 5.75 Å². The summed E-state index contributed by atoms with van der Waals surface area (Å²) in [5.41, 5.74) is 2.65. The molecule has 4 rings (SSSR count). The Hall–Kier alpha value is -2.68. The van der Waals surface area contributed by atoms with Gasteiger partial charge < -0.3 is 18.9 Å². The van der Waals surface area contributed by atoms with Crippen molar-refractivity contribution in [1.29, 1.82) is 0 Å².